The molecule has 0 bridgehead atoms. The summed E-state index contributed by atoms with van der Waals surface area (Å²) in [6.07, 6.45) is 3.38. The number of rotatable bonds is 4. The lowest BCUT2D eigenvalue weighted by molar-refractivity contribution is 0.0746. The number of hydrogen-bond donors (Lipinski definition) is 1. The largest absolute Gasteiger partial charge is 0.367 e. The summed E-state index contributed by atoms with van der Waals surface area (Å²) in [5.74, 6) is 0.274. The Kier molecular flexibility index (Phi) is 4.95. The van der Waals surface area contributed by atoms with Gasteiger partial charge in [0.1, 0.15) is 0 Å². The molecule has 140 valence electrons. The summed E-state index contributed by atoms with van der Waals surface area (Å²) in [6.45, 7) is 3.17. The lowest BCUT2D eigenvalue weighted by Gasteiger charge is -2.34. The number of benzene rings is 1. The molecule has 0 atom stereocenters. The zero-order valence-electron chi connectivity index (χ0n) is 14.5. The smallest absolute Gasteiger partial charge is 0.257 e. The highest BCUT2D eigenvalue weighted by atomic mass is 35.5. The Labute approximate surface area is 165 Å². The van der Waals surface area contributed by atoms with Gasteiger partial charge in [0.2, 0.25) is 11.1 Å². The molecule has 0 saturated carbocycles. The first-order valence-electron chi connectivity index (χ1n) is 8.49. The van der Waals surface area contributed by atoms with Gasteiger partial charge in [0.25, 0.3) is 5.91 Å². The summed E-state index contributed by atoms with van der Waals surface area (Å²) in [6, 6.07) is 7.62. The molecule has 27 heavy (non-hydrogen) atoms. The number of nitrogens with zero attached hydrogens (tertiary/aromatic N) is 6. The van der Waals surface area contributed by atoms with Crippen molar-refractivity contribution in [2.24, 2.45) is 0 Å². The van der Waals surface area contributed by atoms with Crippen molar-refractivity contribution in [3.63, 3.8) is 0 Å². The quantitative estimate of drug-likeness (QED) is 0.716. The molecule has 0 aliphatic carbocycles. The Morgan fingerprint density at radius 1 is 1.22 bits per heavy atom. The number of nitrogen functional groups attached to an aromatic ring is 1. The predicted molar refractivity (Wildman–Crippen MR) is 105 cm³/mol. The van der Waals surface area contributed by atoms with Crippen molar-refractivity contribution in [2.45, 2.75) is 6.54 Å². The molecule has 3 heterocycles. The monoisotopic (exact) mass is 403 g/mol. The second kappa shape index (κ2) is 7.53. The van der Waals surface area contributed by atoms with E-state index >= 15 is 0 Å². The SMILES string of the molecule is Nc1nsc(N2CCN(C(=O)c3cnn(Cc4ccccc4Cl)c3)CC2)n1. The molecule has 0 radical (unpaired) electrons. The second-order valence-electron chi connectivity index (χ2n) is 6.23. The summed E-state index contributed by atoms with van der Waals surface area (Å²) in [4.78, 5) is 20.9. The van der Waals surface area contributed by atoms with Gasteiger partial charge in [-0.15, -0.1) is 0 Å². The predicted octanol–water partition coefficient (Wildman–Crippen LogP) is 1.98. The Morgan fingerprint density at radius 2 is 2.00 bits per heavy atom. The van der Waals surface area contributed by atoms with E-state index in [9.17, 15) is 4.79 Å². The molecule has 1 aromatic carbocycles. The lowest BCUT2D eigenvalue weighted by Crippen LogP contribution is -2.48. The van der Waals surface area contributed by atoms with Gasteiger partial charge in [0, 0.05) is 48.9 Å². The maximum atomic E-state index is 12.8. The average Bonchev–Trinajstić information content (AvgIpc) is 3.32. The van der Waals surface area contributed by atoms with E-state index in [0.717, 1.165) is 10.7 Å². The normalized spacial score (nSPS) is 14.6. The number of halogens is 1. The van der Waals surface area contributed by atoms with Gasteiger partial charge in [-0.25, -0.2) is 0 Å². The standard InChI is InChI=1S/C17H18ClN7OS/c18-14-4-2-1-3-12(14)10-25-11-13(9-20-25)15(26)23-5-7-24(8-6-23)17-21-16(19)22-27-17/h1-4,9,11H,5-8,10H2,(H2,19,22). The minimum Gasteiger partial charge on any atom is -0.367 e. The summed E-state index contributed by atoms with van der Waals surface area (Å²) in [7, 11) is 0. The van der Waals surface area contributed by atoms with E-state index < -0.39 is 0 Å². The van der Waals surface area contributed by atoms with E-state index in [1.165, 1.54) is 11.5 Å². The maximum Gasteiger partial charge on any atom is 0.257 e. The molecule has 1 amide bonds. The minimum atomic E-state index is -0.0168. The zero-order valence-corrected chi connectivity index (χ0v) is 16.0. The Balaban J connectivity index is 1.38. The number of hydrogen-bond acceptors (Lipinski definition) is 7. The van der Waals surface area contributed by atoms with Gasteiger partial charge in [-0.2, -0.15) is 14.5 Å². The van der Waals surface area contributed by atoms with Gasteiger partial charge < -0.3 is 15.5 Å². The third kappa shape index (κ3) is 3.88. The van der Waals surface area contributed by atoms with E-state index in [2.05, 4.69) is 19.4 Å². The van der Waals surface area contributed by atoms with Crippen LogP contribution < -0.4 is 10.6 Å². The molecule has 3 aromatic rings. The van der Waals surface area contributed by atoms with Crippen molar-refractivity contribution >= 4 is 40.1 Å². The van der Waals surface area contributed by atoms with Crippen molar-refractivity contribution in [3.8, 4) is 0 Å². The second-order valence-corrected chi connectivity index (χ2v) is 7.37. The molecule has 1 saturated heterocycles. The number of amides is 1. The number of piperazine rings is 1. The van der Waals surface area contributed by atoms with Crippen LogP contribution in [0.2, 0.25) is 5.02 Å². The summed E-state index contributed by atoms with van der Waals surface area (Å²) < 4.78 is 5.73. The molecule has 1 aliphatic rings. The Morgan fingerprint density at radius 3 is 2.70 bits per heavy atom. The van der Waals surface area contributed by atoms with Crippen LogP contribution in [0.5, 0.6) is 0 Å². The van der Waals surface area contributed by atoms with E-state index in [-0.39, 0.29) is 5.91 Å². The molecule has 0 spiro atoms. The van der Waals surface area contributed by atoms with Crippen LogP contribution in [0.15, 0.2) is 36.7 Å². The molecular weight excluding hydrogens is 386 g/mol. The van der Waals surface area contributed by atoms with E-state index in [0.29, 0.717) is 49.3 Å². The minimum absolute atomic E-state index is 0.0168. The number of nitrogens with two attached hydrogens (primary N) is 1. The lowest BCUT2D eigenvalue weighted by atomic mass is 10.2. The van der Waals surface area contributed by atoms with Crippen molar-refractivity contribution < 1.29 is 4.79 Å². The van der Waals surface area contributed by atoms with E-state index in [1.54, 1.807) is 17.1 Å². The van der Waals surface area contributed by atoms with Gasteiger partial charge in [-0.05, 0) is 11.6 Å². The maximum absolute atomic E-state index is 12.8. The molecular formula is C17H18ClN7OS. The number of carbonyl (C=O) groups excluding carboxylic acids is 1. The fourth-order valence-corrected chi connectivity index (χ4v) is 3.84. The molecule has 10 heteroatoms. The first kappa shape index (κ1) is 17.7. The highest BCUT2D eigenvalue weighted by molar-refractivity contribution is 7.09. The van der Waals surface area contributed by atoms with Gasteiger partial charge in [0.15, 0.2) is 0 Å². The van der Waals surface area contributed by atoms with Crippen molar-refractivity contribution in [1.82, 2.24) is 24.0 Å². The van der Waals surface area contributed by atoms with Crippen molar-refractivity contribution in [2.75, 3.05) is 36.8 Å². The average molecular weight is 404 g/mol. The third-order valence-corrected chi connectivity index (χ3v) is 5.60. The Hall–Kier alpha value is -2.65. The first-order valence-corrected chi connectivity index (χ1v) is 9.64. The fourth-order valence-electron chi connectivity index (χ4n) is 3.00. The number of carbonyl (C=O) groups is 1. The van der Waals surface area contributed by atoms with Crippen LogP contribution in [0.25, 0.3) is 0 Å². The molecule has 0 unspecified atom stereocenters. The van der Waals surface area contributed by atoms with Crippen LogP contribution in [0.1, 0.15) is 15.9 Å². The van der Waals surface area contributed by atoms with Crippen LogP contribution in [0.3, 0.4) is 0 Å². The van der Waals surface area contributed by atoms with Gasteiger partial charge in [-0.3, -0.25) is 9.48 Å². The Bertz CT molecular complexity index is 948. The van der Waals surface area contributed by atoms with Crippen LogP contribution in [-0.4, -0.2) is 56.1 Å². The number of aromatic nitrogens is 4. The molecule has 1 fully saturated rings. The molecule has 4 rings (SSSR count). The summed E-state index contributed by atoms with van der Waals surface area (Å²) in [5.41, 5.74) is 7.13. The zero-order chi connectivity index (χ0) is 18.8. The van der Waals surface area contributed by atoms with Crippen LogP contribution in [0.4, 0.5) is 11.1 Å². The fraction of sp³-hybridized carbons (Fsp3) is 0.294. The highest BCUT2D eigenvalue weighted by Gasteiger charge is 2.24. The van der Waals surface area contributed by atoms with Gasteiger partial charge in [0.05, 0.1) is 18.3 Å². The van der Waals surface area contributed by atoms with Gasteiger partial charge in [-0.1, -0.05) is 29.8 Å². The highest BCUT2D eigenvalue weighted by Crippen LogP contribution is 2.20. The first-order chi connectivity index (χ1) is 13.1. The topological polar surface area (TPSA) is 93.2 Å². The molecule has 2 aromatic heterocycles. The molecule has 8 nitrogen and oxygen atoms in total. The van der Waals surface area contributed by atoms with Crippen LogP contribution in [0, 0.1) is 0 Å². The van der Waals surface area contributed by atoms with Crippen LogP contribution >= 0.6 is 23.1 Å². The summed E-state index contributed by atoms with van der Waals surface area (Å²) >= 11 is 7.47. The third-order valence-electron chi connectivity index (χ3n) is 4.44. The molecule has 2 N–H and O–H groups in total. The van der Waals surface area contributed by atoms with Crippen LogP contribution in [-0.2, 0) is 6.54 Å². The van der Waals surface area contributed by atoms with E-state index in [4.69, 9.17) is 17.3 Å². The van der Waals surface area contributed by atoms with E-state index in [1.807, 2.05) is 29.2 Å². The molecule has 1 aliphatic heterocycles. The summed E-state index contributed by atoms with van der Waals surface area (Å²) in [5, 5.41) is 5.79. The van der Waals surface area contributed by atoms with Crippen molar-refractivity contribution in [3.05, 3.63) is 52.8 Å². The number of anilines is 2. The van der Waals surface area contributed by atoms with Crippen molar-refractivity contribution in [1.29, 1.82) is 0 Å². The van der Waals surface area contributed by atoms with Gasteiger partial charge >= 0.3 is 0 Å².